The molecule has 2 atom stereocenters. The van der Waals surface area contributed by atoms with Crippen molar-refractivity contribution in [1.82, 2.24) is 19.9 Å². The molecule has 0 bridgehead atoms. The second-order valence-corrected chi connectivity index (χ2v) is 13.8. The van der Waals surface area contributed by atoms with Crippen LogP contribution in [0.5, 0.6) is 11.5 Å². The number of rotatable bonds is 11. The van der Waals surface area contributed by atoms with Gasteiger partial charge in [-0.15, -0.1) is 5.48 Å². The number of carbonyl (C=O) groups excluding carboxylic acids is 2. The fraction of sp³-hybridized carbons (Fsp3) is 0.395. The van der Waals surface area contributed by atoms with E-state index in [0.717, 1.165) is 51.3 Å². The molecule has 1 amide bonds. The van der Waals surface area contributed by atoms with Crippen LogP contribution in [0.25, 0.3) is 11.1 Å². The molecule has 2 N–H and O–H groups in total. The van der Waals surface area contributed by atoms with Gasteiger partial charge in [0.25, 0.3) is 12.5 Å². The maximum absolute atomic E-state index is 15.5. The zero-order chi connectivity index (χ0) is 36.8. The van der Waals surface area contributed by atoms with Crippen molar-refractivity contribution < 1.29 is 37.1 Å². The van der Waals surface area contributed by atoms with Gasteiger partial charge in [-0.1, -0.05) is 41.9 Å². The van der Waals surface area contributed by atoms with Gasteiger partial charge in [-0.05, 0) is 73.4 Å². The lowest BCUT2D eigenvalue weighted by atomic mass is 9.93. The summed E-state index contributed by atoms with van der Waals surface area (Å²) in [6.45, 7) is 1.05. The Morgan fingerprint density at radius 2 is 1.83 bits per heavy atom. The Morgan fingerprint density at radius 1 is 1.08 bits per heavy atom. The number of imidazole rings is 1. The van der Waals surface area contributed by atoms with Crippen molar-refractivity contribution in [3.8, 4) is 22.6 Å². The largest absolute Gasteiger partial charge is 0.496 e. The van der Waals surface area contributed by atoms with E-state index in [1.165, 1.54) is 13.2 Å². The monoisotopic (exact) mass is 737 g/mol. The minimum Gasteiger partial charge on any atom is -0.496 e. The molecule has 0 radical (unpaired) electrons. The molecular formula is C38H39ClF3N5O5. The third-order valence-corrected chi connectivity index (χ3v) is 10.7. The minimum absolute atomic E-state index is 0.107. The Morgan fingerprint density at radius 3 is 2.56 bits per heavy atom. The first-order valence-corrected chi connectivity index (χ1v) is 17.6. The van der Waals surface area contributed by atoms with Crippen LogP contribution in [0.2, 0.25) is 5.02 Å². The van der Waals surface area contributed by atoms with Crippen LogP contribution in [0.15, 0.2) is 42.5 Å². The van der Waals surface area contributed by atoms with Crippen LogP contribution in [0.1, 0.15) is 82.6 Å². The molecule has 274 valence electrons. The zero-order valence-electron chi connectivity index (χ0n) is 29.2. The van der Waals surface area contributed by atoms with Crippen LogP contribution in [0, 0.1) is 18.7 Å². The topological polar surface area (TPSA) is 107 Å². The minimum atomic E-state index is -2.61. The number of methoxy groups -OCH3 is 1. The quantitative estimate of drug-likeness (QED) is 0.120. The third kappa shape index (κ3) is 6.61. The summed E-state index contributed by atoms with van der Waals surface area (Å²) >= 11 is 6.49. The highest BCUT2D eigenvalue weighted by atomic mass is 35.5. The summed E-state index contributed by atoms with van der Waals surface area (Å²) in [4.78, 5) is 36.1. The van der Waals surface area contributed by atoms with Crippen LogP contribution in [0.3, 0.4) is 0 Å². The zero-order valence-corrected chi connectivity index (χ0v) is 30.0. The SMILES string of the molecule is COc1cc(OC2CCc3c(-c4cccc(NC(=O)c5nc6c(n5C)CCN(C(F)F)C6C)c4C)cccc32)c(Cl)c(F)c1CNOC(=O)C1CC1. The van der Waals surface area contributed by atoms with Gasteiger partial charge in [-0.3, -0.25) is 9.59 Å². The van der Waals surface area contributed by atoms with E-state index in [0.29, 0.717) is 30.6 Å². The fourth-order valence-corrected chi connectivity index (χ4v) is 7.47. The number of amides is 1. The highest BCUT2D eigenvalue weighted by Gasteiger charge is 2.35. The summed E-state index contributed by atoms with van der Waals surface area (Å²) in [5.74, 6) is -1.16. The predicted octanol–water partition coefficient (Wildman–Crippen LogP) is 7.61. The number of hydrogen-bond acceptors (Lipinski definition) is 8. The van der Waals surface area contributed by atoms with Crippen molar-refractivity contribution in [2.75, 3.05) is 19.0 Å². The summed E-state index contributed by atoms with van der Waals surface area (Å²) in [5, 5.41) is 2.79. The molecule has 1 fully saturated rings. The summed E-state index contributed by atoms with van der Waals surface area (Å²) in [7, 11) is 3.15. The van der Waals surface area contributed by atoms with E-state index in [1.54, 1.807) is 18.5 Å². The molecule has 10 nitrogen and oxygen atoms in total. The predicted molar refractivity (Wildman–Crippen MR) is 188 cm³/mol. The number of hydroxylamine groups is 1. The number of nitrogens with one attached hydrogen (secondary N) is 2. The maximum atomic E-state index is 15.5. The van der Waals surface area contributed by atoms with Gasteiger partial charge in [0, 0.05) is 43.0 Å². The number of hydrogen-bond donors (Lipinski definition) is 2. The number of benzene rings is 3. The molecule has 4 aromatic rings. The van der Waals surface area contributed by atoms with Crippen molar-refractivity contribution in [2.24, 2.45) is 13.0 Å². The Kier molecular flexibility index (Phi) is 9.94. The van der Waals surface area contributed by atoms with Gasteiger partial charge in [0.1, 0.15) is 22.6 Å². The fourth-order valence-electron chi connectivity index (χ4n) is 7.26. The smallest absolute Gasteiger partial charge is 0.327 e. The average Bonchev–Trinajstić information content (AvgIpc) is 3.82. The van der Waals surface area contributed by atoms with E-state index in [9.17, 15) is 18.4 Å². The average molecular weight is 738 g/mol. The van der Waals surface area contributed by atoms with Crippen molar-refractivity contribution >= 4 is 29.2 Å². The van der Waals surface area contributed by atoms with Gasteiger partial charge < -0.3 is 24.2 Å². The third-order valence-electron chi connectivity index (χ3n) is 10.3. The van der Waals surface area contributed by atoms with Gasteiger partial charge in [0.05, 0.1) is 31.3 Å². The highest BCUT2D eigenvalue weighted by Crippen LogP contribution is 2.45. The van der Waals surface area contributed by atoms with E-state index < -0.39 is 30.4 Å². The van der Waals surface area contributed by atoms with Crippen molar-refractivity contribution in [3.63, 3.8) is 0 Å². The van der Waals surface area contributed by atoms with Crippen LogP contribution >= 0.6 is 11.6 Å². The Bertz CT molecular complexity index is 2050. The first-order chi connectivity index (χ1) is 25.0. The molecular weight excluding hydrogens is 699 g/mol. The Hall–Kier alpha value is -4.59. The van der Waals surface area contributed by atoms with E-state index >= 15 is 4.39 Å². The van der Waals surface area contributed by atoms with Crippen LogP contribution in [0.4, 0.5) is 18.9 Å². The molecule has 2 unspecified atom stereocenters. The summed E-state index contributed by atoms with van der Waals surface area (Å²) < 4.78 is 56.1. The first kappa shape index (κ1) is 35.8. The molecule has 1 aromatic heterocycles. The number of aromatic nitrogens is 2. The molecule has 0 spiro atoms. The van der Waals surface area contributed by atoms with Gasteiger partial charge in [-0.25, -0.2) is 14.3 Å². The Balaban J connectivity index is 1.10. The van der Waals surface area contributed by atoms with Crippen LogP contribution < -0.4 is 20.3 Å². The van der Waals surface area contributed by atoms with Gasteiger partial charge in [0.2, 0.25) is 0 Å². The van der Waals surface area contributed by atoms with E-state index in [4.69, 9.17) is 25.9 Å². The van der Waals surface area contributed by atoms with E-state index in [-0.39, 0.29) is 52.9 Å². The number of carbonyl (C=O) groups is 2. The number of halogens is 4. The number of ether oxygens (including phenoxy) is 2. The van der Waals surface area contributed by atoms with Crippen LogP contribution in [-0.2, 0) is 36.1 Å². The second-order valence-electron chi connectivity index (χ2n) is 13.4. The number of fused-ring (bicyclic) bond motifs is 2. The molecule has 52 heavy (non-hydrogen) atoms. The lowest BCUT2D eigenvalue weighted by Crippen LogP contribution is -2.38. The van der Waals surface area contributed by atoms with Gasteiger partial charge in [-0.2, -0.15) is 8.78 Å². The lowest BCUT2D eigenvalue weighted by molar-refractivity contribution is -0.153. The second kappa shape index (κ2) is 14.4. The molecule has 1 aliphatic heterocycles. The summed E-state index contributed by atoms with van der Waals surface area (Å²) in [6.07, 6.45) is 2.83. The lowest BCUT2D eigenvalue weighted by Gasteiger charge is -2.31. The molecule has 2 heterocycles. The molecule has 14 heteroatoms. The number of alkyl halides is 2. The first-order valence-electron chi connectivity index (χ1n) is 17.3. The number of nitrogens with zero attached hydrogens (tertiary/aromatic N) is 3. The summed E-state index contributed by atoms with van der Waals surface area (Å²) in [6, 6.07) is 12.5. The summed E-state index contributed by atoms with van der Waals surface area (Å²) in [5.41, 5.74) is 9.22. The van der Waals surface area contributed by atoms with E-state index in [1.807, 2.05) is 43.3 Å². The van der Waals surface area contributed by atoms with Crippen molar-refractivity contribution in [2.45, 2.75) is 71.2 Å². The standard InChI is InChI=1S/C38H39ClF3N5O5/c1-19-22(7-6-10-27(19)44-36(48)35-45-34-20(2)47(38(41)42)16-15-28(34)46(35)3)23-8-5-9-25-24(23)13-14-29(25)51-31-17-30(50-4)26(33(40)32(31)39)18-43-52-37(49)21-11-12-21/h5-10,17,20-21,29,38,43H,11-16,18H2,1-4H3,(H,44,48). The van der Waals surface area contributed by atoms with E-state index in [2.05, 4.69) is 15.8 Å². The van der Waals surface area contributed by atoms with Gasteiger partial charge in [0.15, 0.2) is 11.6 Å². The maximum Gasteiger partial charge on any atom is 0.327 e. The number of anilines is 1. The van der Waals surface area contributed by atoms with Gasteiger partial charge >= 0.3 is 5.97 Å². The molecule has 1 saturated carbocycles. The molecule has 3 aromatic carbocycles. The molecule has 2 aliphatic carbocycles. The normalized spacial score (nSPS) is 18.2. The molecule has 0 saturated heterocycles. The highest BCUT2D eigenvalue weighted by molar-refractivity contribution is 6.32. The molecule has 7 rings (SSSR count). The Labute approximate surface area is 304 Å². The molecule has 3 aliphatic rings. The van der Waals surface area contributed by atoms with Crippen molar-refractivity contribution in [3.05, 3.63) is 92.8 Å². The van der Waals surface area contributed by atoms with Crippen LogP contribution in [-0.4, -0.2) is 46.5 Å². The van der Waals surface area contributed by atoms with Crippen molar-refractivity contribution in [1.29, 1.82) is 0 Å².